The zero-order valence-electron chi connectivity index (χ0n) is 14.6. The SMILES string of the molecule is C[C@H]1Cc2ccccc2N1C(=O)c1ccc(NS(=O)(=O)c2cccs2)cc1. The molecule has 27 heavy (non-hydrogen) atoms. The van der Waals surface area contributed by atoms with Crippen molar-refractivity contribution in [2.45, 2.75) is 23.6 Å². The fourth-order valence-corrected chi connectivity index (χ4v) is 5.37. The summed E-state index contributed by atoms with van der Waals surface area (Å²) in [6, 6.07) is 17.8. The van der Waals surface area contributed by atoms with Crippen molar-refractivity contribution in [2.75, 3.05) is 9.62 Å². The van der Waals surface area contributed by atoms with E-state index in [4.69, 9.17) is 0 Å². The summed E-state index contributed by atoms with van der Waals surface area (Å²) in [5.74, 6) is -0.0832. The van der Waals surface area contributed by atoms with Crippen LogP contribution in [0.1, 0.15) is 22.8 Å². The third kappa shape index (κ3) is 3.36. The molecule has 0 spiro atoms. The van der Waals surface area contributed by atoms with E-state index in [0.717, 1.165) is 23.4 Å². The summed E-state index contributed by atoms with van der Waals surface area (Å²) in [5.41, 5.74) is 3.06. The van der Waals surface area contributed by atoms with Gasteiger partial charge in [-0.3, -0.25) is 9.52 Å². The third-order valence-corrected chi connectivity index (χ3v) is 7.35. The van der Waals surface area contributed by atoms with Gasteiger partial charge in [-0.1, -0.05) is 24.3 Å². The van der Waals surface area contributed by atoms with Crippen LogP contribution in [-0.4, -0.2) is 20.4 Å². The molecule has 0 saturated heterocycles. The topological polar surface area (TPSA) is 66.5 Å². The molecule has 0 fully saturated rings. The zero-order chi connectivity index (χ0) is 19.0. The van der Waals surface area contributed by atoms with E-state index in [1.54, 1.807) is 46.7 Å². The van der Waals surface area contributed by atoms with Gasteiger partial charge in [0.2, 0.25) is 0 Å². The van der Waals surface area contributed by atoms with Crippen molar-refractivity contribution in [3.63, 3.8) is 0 Å². The molecule has 3 aromatic rings. The van der Waals surface area contributed by atoms with Crippen molar-refractivity contribution in [2.24, 2.45) is 0 Å². The number of rotatable bonds is 4. The van der Waals surface area contributed by atoms with Crippen molar-refractivity contribution in [1.29, 1.82) is 0 Å². The molecule has 2 aromatic carbocycles. The van der Waals surface area contributed by atoms with Crippen molar-refractivity contribution >= 4 is 38.6 Å². The molecule has 138 valence electrons. The standard InChI is InChI=1S/C20H18N2O3S2/c1-14-13-16-5-2-3-6-18(16)22(14)20(23)15-8-10-17(11-9-15)21-27(24,25)19-7-4-12-26-19/h2-12,14,21H,13H2,1H3/t14-/m0/s1. The molecule has 2 heterocycles. The fourth-order valence-electron chi connectivity index (χ4n) is 3.32. The minimum absolute atomic E-state index is 0.0832. The number of sulfonamides is 1. The van der Waals surface area contributed by atoms with Gasteiger partial charge in [0.15, 0.2) is 0 Å². The molecule has 0 bridgehead atoms. The Morgan fingerprint density at radius 3 is 2.52 bits per heavy atom. The summed E-state index contributed by atoms with van der Waals surface area (Å²) in [7, 11) is -3.59. The first-order valence-electron chi connectivity index (χ1n) is 8.53. The molecule has 1 aliphatic heterocycles. The molecular formula is C20H18N2O3S2. The number of fused-ring (bicyclic) bond motifs is 1. The molecule has 0 saturated carbocycles. The molecule has 1 amide bonds. The summed E-state index contributed by atoms with van der Waals surface area (Å²) in [6.07, 6.45) is 0.834. The van der Waals surface area contributed by atoms with Crippen LogP contribution in [0, 0.1) is 0 Å². The van der Waals surface area contributed by atoms with Gasteiger partial charge in [-0.2, -0.15) is 0 Å². The number of benzene rings is 2. The Balaban J connectivity index is 1.55. The number of amides is 1. The lowest BCUT2D eigenvalue weighted by molar-refractivity contribution is 0.0981. The highest BCUT2D eigenvalue weighted by Gasteiger charge is 2.31. The average Bonchev–Trinajstić information content (AvgIpc) is 3.29. The maximum absolute atomic E-state index is 13.0. The third-order valence-electron chi connectivity index (χ3n) is 4.57. The van der Waals surface area contributed by atoms with Crippen LogP contribution in [-0.2, 0) is 16.4 Å². The number of anilines is 2. The Bertz CT molecular complexity index is 1070. The lowest BCUT2D eigenvalue weighted by Crippen LogP contribution is -2.35. The van der Waals surface area contributed by atoms with Crippen molar-refractivity contribution in [3.05, 3.63) is 77.2 Å². The van der Waals surface area contributed by atoms with Gasteiger partial charge < -0.3 is 4.90 Å². The van der Waals surface area contributed by atoms with E-state index in [9.17, 15) is 13.2 Å². The van der Waals surface area contributed by atoms with Crippen LogP contribution in [0.3, 0.4) is 0 Å². The van der Waals surface area contributed by atoms with Gasteiger partial charge in [-0.05, 0) is 60.7 Å². The predicted octanol–water partition coefficient (Wildman–Crippen LogP) is 4.14. The number of carbonyl (C=O) groups excluding carboxylic acids is 1. The lowest BCUT2D eigenvalue weighted by atomic mass is 10.1. The molecule has 0 radical (unpaired) electrons. The second kappa shape index (κ2) is 6.83. The number of nitrogens with one attached hydrogen (secondary N) is 1. The summed E-state index contributed by atoms with van der Waals surface area (Å²) >= 11 is 1.16. The Morgan fingerprint density at radius 1 is 1.07 bits per heavy atom. The largest absolute Gasteiger partial charge is 0.305 e. The molecule has 5 nitrogen and oxygen atoms in total. The fraction of sp³-hybridized carbons (Fsp3) is 0.150. The highest BCUT2D eigenvalue weighted by atomic mass is 32.2. The maximum Gasteiger partial charge on any atom is 0.271 e. The molecule has 1 aromatic heterocycles. The van der Waals surface area contributed by atoms with Crippen LogP contribution in [0.2, 0.25) is 0 Å². The summed E-state index contributed by atoms with van der Waals surface area (Å²) in [4.78, 5) is 14.8. The second-order valence-corrected chi connectivity index (χ2v) is 9.33. The van der Waals surface area contributed by atoms with E-state index in [-0.39, 0.29) is 16.2 Å². The summed E-state index contributed by atoms with van der Waals surface area (Å²) in [6.45, 7) is 2.03. The summed E-state index contributed by atoms with van der Waals surface area (Å²) in [5, 5.41) is 1.71. The first kappa shape index (κ1) is 17.8. The summed E-state index contributed by atoms with van der Waals surface area (Å²) < 4.78 is 27.4. The van der Waals surface area contributed by atoms with Crippen LogP contribution in [0.4, 0.5) is 11.4 Å². The lowest BCUT2D eigenvalue weighted by Gasteiger charge is -2.23. The zero-order valence-corrected chi connectivity index (χ0v) is 16.3. The first-order valence-corrected chi connectivity index (χ1v) is 10.9. The molecule has 0 aliphatic carbocycles. The van der Waals surface area contributed by atoms with Crippen molar-refractivity contribution in [1.82, 2.24) is 0 Å². The van der Waals surface area contributed by atoms with Gasteiger partial charge >= 0.3 is 0 Å². The number of thiophene rings is 1. The van der Waals surface area contributed by atoms with Crippen LogP contribution >= 0.6 is 11.3 Å². The molecule has 0 unspecified atom stereocenters. The number of para-hydroxylation sites is 1. The Morgan fingerprint density at radius 2 is 1.81 bits per heavy atom. The van der Waals surface area contributed by atoms with E-state index < -0.39 is 10.0 Å². The monoisotopic (exact) mass is 398 g/mol. The number of hydrogen-bond donors (Lipinski definition) is 1. The van der Waals surface area contributed by atoms with E-state index in [2.05, 4.69) is 4.72 Å². The van der Waals surface area contributed by atoms with Crippen LogP contribution in [0.15, 0.2) is 70.3 Å². The Kier molecular flexibility index (Phi) is 4.49. The number of carbonyl (C=O) groups is 1. The van der Waals surface area contributed by atoms with Gasteiger partial charge in [0.05, 0.1) is 0 Å². The normalized spacial score (nSPS) is 16.2. The smallest absolute Gasteiger partial charge is 0.271 e. The molecule has 1 N–H and O–H groups in total. The minimum Gasteiger partial charge on any atom is -0.305 e. The molecule has 7 heteroatoms. The van der Waals surface area contributed by atoms with Gasteiger partial charge in [0.25, 0.3) is 15.9 Å². The van der Waals surface area contributed by atoms with Gasteiger partial charge in [-0.15, -0.1) is 11.3 Å². The van der Waals surface area contributed by atoms with Gasteiger partial charge in [0, 0.05) is 23.0 Å². The van der Waals surface area contributed by atoms with E-state index in [1.165, 1.54) is 5.56 Å². The van der Waals surface area contributed by atoms with Crippen molar-refractivity contribution in [3.8, 4) is 0 Å². The quantitative estimate of drug-likeness (QED) is 0.718. The van der Waals surface area contributed by atoms with E-state index in [0.29, 0.717) is 11.3 Å². The number of nitrogens with zero attached hydrogens (tertiary/aromatic N) is 1. The van der Waals surface area contributed by atoms with Crippen LogP contribution < -0.4 is 9.62 Å². The van der Waals surface area contributed by atoms with Crippen molar-refractivity contribution < 1.29 is 13.2 Å². The van der Waals surface area contributed by atoms with E-state index >= 15 is 0 Å². The van der Waals surface area contributed by atoms with Gasteiger partial charge in [-0.25, -0.2) is 8.42 Å². The first-order chi connectivity index (χ1) is 13.0. The Hall–Kier alpha value is -2.64. The predicted molar refractivity (Wildman–Crippen MR) is 108 cm³/mol. The molecule has 1 atom stereocenters. The Labute approximate surface area is 162 Å². The highest BCUT2D eigenvalue weighted by Crippen LogP contribution is 2.33. The molecule has 4 rings (SSSR count). The minimum atomic E-state index is -3.59. The average molecular weight is 399 g/mol. The van der Waals surface area contributed by atoms with Gasteiger partial charge in [0.1, 0.15) is 4.21 Å². The highest BCUT2D eigenvalue weighted by molar-refractivity contribution is 7.94. The van der Waals surface area contributed by atoms with Crippen LogP contribution in [0.5, 0.6) is 0 Å². The molecule has 1 aliphatic rings. The molecular weight excluding hydrogens is 380 g/mol. The second-order valence-electron chi connectivity index (χ2n) is 6.47. The number of hydrogen-bond acceptors (Lipinski definition) is 4. The van der Waals surface area contributed by atoms with Crippen LogP contribution in [0.25, 0.3) is 0 Å². The van der Waals surface area contributed by atoms with E-state index in [1.807, 2.05) is 31.2 Å². The maximum atomic E-state index is 13.0.